The highest BCUT2D eigenvalue weighted by atomic mass is 35.5. The minimum absolute atomic E-state index is 0.118. The summed E-state index contributed by atoms with van der Waals surface area (Å²) in [5.74, 6) is 0.578. The van der Waals surface area contributed by atoms with Gasteiger partial charge in [0.25, 0.3) is 0 Å². The molecule has 7 heteroatoms. The van der Waals surface area contributed by atoms with E-state index < -0.39 is 0 Å². The summed E-state index contributed by atoms with van der Waals surface area (Å²) < 4.78 is 12.3. The number of amides is 1. The van der Waals surface area contributed by atoms with Crippen LogP contribution in [0.3, 0.4) is 0 Å². The van der Waals surface area contributed by atoms with E-state index in [9.17, 15) is 4.79 Å². The first-order chi connectivity index (χ1) is 11.2. The van der Waals surface area contributed by atoms with Gasteiger partial charge in [0.2, 0.25) is 5.91 Å². The Kier molecular flexibility index (Phi) is 4.83. The van der Waals surface area contributed by atoms with Crippen molar-refractivity contribution in [1.82, 2.24) is 15.1 Å². The molecule has 1 amide bonds. The Labute approximate surface area is 139 Å². The van der Waals surface area contributed by atoms with Gasteiger partial charge in [0.05, 0.1) is 26.0 Å². The van der Waals surface area contributed by atoms with Gasteiger partial charge in [-0.25, -0.2) is 0 Å². The Morgan fingerprint density at radius 1 is 1.52 bits per heavy atom. The van der Waals surface area contributed by atoms with Crippen LogP contribution < -0.4 is 10.1 Å². The van der Waals surface area contributed by atoms with Crippen molar-refractivity contribution < 1.29 is 14.3 Å². The lowest BCUT2D eigenvalue weighted by molar-refractivity contribution is -0.122. The Morgan fingerprint density at radius 3 is 3.17 bits per heavy atom. The highest BCUT2D eigenvalue weighted by Gasteiger charge is 2.15. The quantitative estimate of drug-likeness (QED) is 0.906. The summed E-state index contributed by atoms with van der Waals surface area (Å²) in [6.45, 7) is 1.78. The van der Waals surface area contributed by atoms with E-state index in [-0.39, 0.29) is 12.5 Å². The van der Waals surface area contributed by atoms with Crippen LogP contribution in [0.1, 0.15) is 16.8 Å². The molecule has 122 valence electrons. The molecule has 1 aliphatic rings. The molecule has 0 unspecified atom stereocenters. The third-order valence-corrected chi connectivity index (χ3v) is 3.92. The van der Waals surface area contributed by atoms with Gasteiger partial charge in [0.1, 0.15) is 12.3 Å². The SMILES string of the molecule is COc1ccc(Cl)cc1CNC(=O)Cn1cc2c(n1)CCOC2. The largest absolute Gasteiger partial charge is 0.496 e. The first kappa shape index (κ1) is 15.8. The minimum Gasteiger partial charge on any atom is -0.496 e. The zero-order chi connectivity index (χ0) is 16.2. The van der Waals surface area contributed by atoms with Crippen LogP contribution in [0, 0.1) is 0 Å². The number of fused-ring (bicyclic) bond motifs is 1. The number of aromatic nitrogens is 2. The Bertz CT molecular complexity index is 691. The van der Waals surface area contributed by atoms with Crippen LogP contribution >= 0.6 is 11.6 Å². The molecule has 0 atom stereocenters. The summed E-state index contributed by atoms with van der Waals surface area (Å²) in [4.78, 5) is 12.1. The third-order valence-electron chi connectivity index (χ3n) is 3.69. The van der Waals surface area contributed by atoms with E-state index >= 15 is 0 Å². The van der Waals surface area contributed by atoms with Crippen molar-refractivity contribution in [2.24, 2.45) is 0 Å². The minimum atomic E-state index is -0.118. The van der Waals surface area contributed by atoms with Gasteiger partial charge in [-0.3, -0.25) is 9.48 Å². The second kappa shape index (κ2) is 7.02. The van der Waals surface area contributed by atoms with E-state index in [0.29, 0.717) is 30.5 Å². The smallest absolute Gasteiger partial charge is 0.242 e. The molecule has 0 saturated carbocycles. The first-order valence-corrected chi connectivity index (χ1v) is 7.75. The average Bonchev–Trinajstić information content (AvgIpc) is 2.95. The van der Waals surface area contributed by atoms with Crippen LogP contribution in [0.25, 0.3) is 0 Å². The Balaban J connectivity index is 1.59. The van der Waals surface area contributed by atoms with Crippen molar-refractivity contribution in [1.29, 1.82) is 0 Å². The van der Waals surface area contributed by atoms with Gasteiger partial charge < -0.3 is 14.8 Å². The highest BCUT2D eigenvalue weighted by molar-refractivity contribution is 6.30. The maximum atomic E-state index is 12.1. The molecule has 0 fully saturated rings. The van der Waals surface area contributed by atoms with E-state index in [0.717, 1.165) is 23.2 Å². The maximum absolute atomic E-state index is 12.1. The second-order valence-corrected chi connectivity index (χ2v) is 5.77. The Morgan fingerprint density at radius 2 is 2.39 bits per heavy atom. The number of carbonyl (C=O) groups excluding carboxylic acids is 1. The third kappa shape index (κ3) is 3.83. The number of hydrogen-bond acceptors (Lipinski definition) is 4. The predicted octanol–water partition coefficient (Wildman–Crippen LogP) is 1.93. The van der Waals surface area contributed by atoms with Crippen molar-refractivity contribution in [2.45, 2.75) is 26.1 Å². The van der Waals surface area contributed by atoms with E-state index in [1.165, 1.54) is 0 Å². The van der Waals surface area contributed by atoms with Gasteiger partial charge in [-0.1, -0.05) is 11.6 Å². The highest BCUT2D eigenvalue weighted by Crippen LogP contribution is 2.22. The zero-order valence-corrected chi connectivity index (χ0v) is 13.6. The normalized spacial score (nSPS) is 13.5. The summed E-state index contributed by atoms with van der Waals surface area (Å²) in [6, 6.07) is 5.32. The lowest BCUT2D eigenvalue weighted by atomic mass is 10.2. The summed E-state index contributed by atoms with van der Waals surface area (Å²) in [5.41, 5.74) is 2.91. The predicted molar refractivity (Wildman–Crippen MR) is 85.4 cm³/mol. The maximum Gasteiger partial charge on any atom is 0.242 e. The first-order valence-electron chi connectivity index (χ1n) is 7.38. The number of methoxy groups -OCH3 is 1. The van der Waals surface area contributed by atoms with E-state index in [2.05, 4.69) is 10.4 Å². The van der Waals surface area contributed by atoms with Crippen molar-refractivity contribution >= 4 is 17.5 Å². The molecule has 3 rings (SSSR count). The van der Waals surface area contributed by atoms with Crippen molar-refractivity contribution in [2.75, 3.05) is 13.7 Å². The number of halogens is 1. The fourth-order valence-electron chi connectivity index (χ4n) is 2.55. The molecular formula is C16H18ClN3O3. The van der Waals surface area contributed by atoms with Crippen LogP contribution in [0.2, 0.25) is 5.02 Å². The number of rotatable bonds is 5. The molecule has 6 nitrogen and oxygen atoms in total. The molecule has 1 aliphatic heterocycles. The van der Waals surface area contributed by atoms with Crippen molar-refractivity contribution in [3.63, 3.8) is 0 Å². The van der Waals surface area contributed by atoms with E-state index in [4.69, 9.17) is 21.1 Å². The summed E-state index contributed by atoms with van der Waals surface area (Å²) in [5, 5.41) is 7.89. The number of nitrogens with zero attached hydrogens (tertiary/aromatic N) is 2. The number of hydrogen-bond donors (Lipinski definition) is 1. The number of carbonyl (C=O) groups is 1. The molecule has 0 bridgehead atoms. The summed E-state index contributed by atoms with van der Waals surface area (Å²) in [7, 11) is 1.59. The lowest BCUT2D eigenvalue weighted by Gasteiger charge is -2.10. The van der Waals surface area contributed by atoms with Crippen LogP contribution in [0.5, 0.6) is 5.75 Å². The van der Waals surface area contributed by atoms with Gasteiger partial charge in [-0.05, 0) is 18.2 Å². The topological polar surface area (TPSA) is 65.4 Å². The molecule has 0 aliphatic carbocycles. The monoisotopic (exact) mass is 335 g/mol. The average molecular weight is 336 g/mol. The molecular weight excluding hydrogens is 318 g/mol. The standard InChI is InChI=1S/C16H18ClN3O3/c1-22-15-3-2-13(17)6-11(15)7-18-16(21)9-20-8-12-10-23-5-4-14(12)19-20/h2-3,6,8H,4-5,7,9-10H2,1H3,(H,18,21). The number of ether oxygens (including phenoxy) is 2. The van der Waals surface area contributed by atoms with Crippen molar-refractivity contribution in [3.8, 4) is 5.75 Å². The molecule has 2 aromatic rings. The van der Waals surface area contributed by atoms with Gasteiger partial charge in [-0.15, -0.1) is 0 Å². The second-order valence-electron chi connectivity index (χ2n) is 5.33. The van der Waals surface area contributed by atoms with E-state index in [1.807, 2.05) is 6.20 Å². The van der Waals surface area contributed by atoms with Gasteiger partial charge >= 0.3 is 0 Å². The molecule has 1 aromatic carbocycles. The summed E-state index contributed by atoms with van der Waals surface area (Å²) in [6.07, 6.45) is 2.66. The Hall–Kier alpha value is -2.05. The molecule has 23 heavy (non-hydrogen) atoms. The molecule has 0 saturated heterocycles. The molecule has 0 spiro atoms. The van der Waals surface area contributed by atoms with Gasteiger partial charge in [0, 0.05) is 35.3 Å². The van der Waals surface area contributed by atoms with Crippen molar-refractivity contribution in [3.05, 3.63) is 46.2 Å². The van der Waals surface area contributed by atoms with Gasteiger partial charge in [-0.2, -0.15) is 5.10 Å². The zero-order valence-electron chi connectivity index (χ0n) is 12.8. The van der Waals surface area contributed by atoms with Crippen LogP contribution in [0.15, 0.2) is 24.4 Å². The molecule has 1 aromatic heterocycles. The number of benzene rings is 1. The van der Waals surface area contributed by atoms with Crippen LogP contribution in [-0.2, 0) is 35.6 Å². The van der Waals surface area contributed by atoms with E-state index in [1.54, 1.807) is 30.0 Å². The summed E-state index contributed by atoms with van der Waals surface area (Å²) >= 11 is 5.98. The lowest BCUT2D eigenvalue weighted by Crippen LogP contribution is -2.27. The molecule has 2 heterocycles. The molecule has 0 radical (unpaired) electrons. The van der Waals surface area contributed by atoms with Gasteiger partial charge in [0.15, 0.2) is 0 Å². The van der Waals surface area contributed by atoms with Crippen LogP contribution in [0.4, 0.5) is 0 Å². The fourth-order valence-corrected chi connectivity index (χ4v) is 2.74. The van der Waals surface area contributed by atoms with Crippen LogP contribution in [-0.4, -0.2) is 29.4 Å². The fraction of sp³-hybridized carbons (Fsp3) is 0.375. The molecule has 1 N–H and O–H groups in total. The number of nitrogens with one attached hydrogen (secondary N) is 1.